The van der Waals surface area contributed by atoms with E-state index in [0.29, 0.717) is 12.3 Å². The summed E-state index contributed by atoms with van der Waals surface area (Å²) < 4.78 is 27.8. The van der Waals surface area contributed by atoms with Crippen LogP contribution in [0.4, 0.5) is 5.69 Å². The number of carbonyl (C=O) groups excluding carboxylic acids is 1. The van der Waals surface area contributed by atoms with Crippen molar-refractivity contribution in [1.29, 1.82) is 0 Å². The molecule has 0 aromatic heterocycles. The quantitative estimate of drug-likeness (QED) is 0.854. The van der Waals surface area contributed by atoms with Crippen molar-refractivity contribution in [3.63, 3.8) is 0 Å². The first-order chi connectivity index (χ1) is 7.84. The Morgan fingerprint density at radius 3 is 2.59 bits per heavy atom. The molecule has 0 spiro atoms. The van der Waals surface area contributed by atoms with Gasteiger partial charge in [0, 0.05) is 23.3 Å². The van der Waals surface area contributed by atoms with Crippen molar-refractivity contribution in [2.75, 3.05) is 11.9 Å². The Hall–Kier alpha value is -1.27. The average molecular weight is 278 g/mol. The predicted octanol–water partition coefficient (Wildman–Crippen LogP) is 1.97. The zero-order valence-electron chi connectivity index (χ0n) is 9.36. The summed E-state index contributed by atoms with van der Waals surface area (Å²) in [6.45, 7) is 3.37. The Labute approximate surface area is 104 Å². The summed E-state index contributed by atoms with van der Waals surface area (Å²) in [5.41, 5.74) is 0.347. The van der Waals surface area contributed by atoms with E-state index in [2.05, 4.69) is 5.32 Å². The first-order valence-electron chi connectivity index (χ1n) is 4.83. The second kappa shape index (κ2) is 5.37. The molecule has 1 amide bonds. The minimum absolute atomic E-state index is 0.160. The van der Waals surface area contributed by atoms with Crippen LogP contribution in [0.25, 0.3) is 0 Å². The fourth-order valence-corrected chi connectivity index (χ4v) is 2.25. The number of amides is 1. The maximum Gasteiger partial charge on any atom is 0.265 e. The van der Waals surface area contributed by atoms with E-state index in [9.17, 15) is 13.2 Å². The highest BCUT2D eigenvalue weighted by atomic mass is 35.7. The van der Waals surface area contributed by atoms with Crippen LogP contribution in [0.2, 0.25) is 0 Å². The molecule has 0 saturated heterocycles. The first-order valence-corrected chi connectivity index (χ1v) is 7.14. The molecule has 1 aromatic carbocycles. The van der Waals surface area contributed by atoms with Crippen LogP contribution in [0.5, 0.6) is 5.75 Å². The van der Waals surface area contributed by atoms with Gasteiger partial charge >= 0.3 is 0 Å². The van der Waals surface area contributed by atoms with E-state index in [1.807, 2.05) is 0 Å². The van der Waals surface area contributed by atoms with E-state index in [-0.39, 0.29) is 16.6 Å². The molecule has 0 aliphatic heterocycles. The van der Waals surface area contributed by atoms with Gasteiger partial charge in [-0.3, -0.25) is 4.79 Å². The number of benzene rings is 1. The molecule has 0 fully saturated rings. The van der Waals surface area contributed by atoms with Gasteiger partial charge in [0.2, 0.25) is 5.91 Å². The third-order valence-electron chi connectivity index (χ3n) is 1.83. The third kappa shape index (κ3) is 3.90. The van der Waals surface area contributed by atoms with Gasteiger partial charge in [-0.2, -0.15) is 0 Å². The summed E-state index contributed by atoms with van der Waals surface area (Å²) in [6, 6.07) is 4.25. The SMILES string of the molecule is CCOc1ccc(NC(C)=O)cc1S(=O)(=O)Cl. The van der Waals surface area contributed by atoms with Crippen molar-refractivity contribution >= 4 is 31.3 Å². The molecule has 0 atom stereocenters. The summed E-state index contributed by atoms with van der Waals surface area (Å²) in [7, 11) is 1.37. The maximum atomic E-state index is 11.3. The molecule has 0 aliphatic rings. The fraction of sp³-hybridized carbons (Fsp3) is 0.300. The average Bonchev–Trinajstić information content (AvgIpc) is 2.18. The number of rotatable bonds is 4. The molecule has 0 unspecified atom stereocenters. The molecule has 94 valence electrons. The Bertz CT molecular complexity index is 527. The van der Waals surface area contributed by atoms with Gasteiger partial charge in [-0.05, 0) is 25.1 Å². The van der Waals surface area contributed by atoms with Gasteiger partial charge in [0.1, 0.15) is 10.6 Å². The summed E-state index contributed by atoms with van der Waals surface area (Å²) in [5, 5.41) is 2.47. The lowest BCUT2D eigenvalue weighted by Crippen LogP contribution is -2.07. The van der Waals surface area contributed by atoms with Gasteiger partial charge in [-0.1, -0.05) is 0 Å². The van der Waals surface area contributed by atoms with E-state index in [1.165, 1.54) is 25.1 Å². The largest absolute Gasteiger partial charge is 0.492 e. The summed E-state index contributed by atoms with van der Waals surface area (Å²) in [5.74, 6) is -0.135. The molecular weight excluding hydrogens is 266 g/mol. The van der Waals surface area contributed by atoms with Crippen LogP contribution in [0.3, 0.4) is 0 Å². The third-order valence-corrected chi connectivity index (χ3v) is 3.17. The van der Waals surface area contributed by atoms with Crippen molar-refractivity contribution in [2.45, 2.75) is 18.7 Å². The number of hydrogen-bond donors (Lipinski definition) is 1. The molecule has 17 heavy (non-hydrogen) atoms. The van der Waals surface area contributed by atoms with Crippen LogP contribution in [0.15, 0.2) is 23.1 Å². The van der Waals surface area contributed by atoms with E-state index < -0.39 is 9.05 Å². The Kier molecular flexibility index (Phi) is 4.36. The summed E-state index contributed by atoms with van der Waals surface area (Å²) in [6.07, 6.45) is 0. The number of anilines is 1. The highest BCUT2D eigenvalue weighted by Crippen LogP contribution is 2.29. The zero-order chi connectivity index (χ0) is 13.1. The number of ether oxygens (including phenoxy) is 1. The van der Waals surface area contributed by atoms with Crippen LogP contribution >= 0.6 is 10.7 Å². The lowest BCUT2D eigenvalue weighted by molar-refractivity contribution is -0.114. The van der Waals surface area contributed by atoms with Crippen molar-refractivity contribution in [3.8, 4) is 5.75 Å². The summed E-state index contributed by atoms with van der Waals surface area (Å²) in [4.78, 5) is 10.7. The molecule has 0 radical (unpaired) electrons. The molecule has 1 N–H and O–H groups in total. The monoisotopic (exact) mass is 277 g/mol. The Morgan fingerprint density at radius 1 is 1.47 bits per heavy atom. The van der Waals surface area contributed by atoms with Crippen LogP contribution in [0, 0.1) is 0 Å². The lowest BCUT2D eigenvalue weighted by Gasteiger charge is -2.10. The van der Waals surface area contributed by atoms with Gasteiger partial charge in [-0.25, -0.2) is 8.42 Å². The second-order valence-electron chi connectivity index (χ2n) is 3.21. The molecular formula is C10H12ClNO4S. The number of nitrogens with one attached hydrogen (secondary N) is 1. The van der Waals surface area contributed by atoms with Gasteiger partial charge < -0.3 is 10.1 Å². The van der Waals surface area contributed by atoms with Crippen LogP contribution < -0.4 is 10.1 Å². The molecule has 1 aromatic rings. The topological polar surface area (TPSA) is 72.5 Å². The van der Waals surface area contributed by atoms with E-state index in [4.69, 9.17) is 15.4 Å². The van der Waals surface area contributed by atoms with Gasteiger partial charge in [0.25, 0.3) is 9.05 Å². The predicted molar refractivity (Wildman–Crippen MR) is 65.0 cm³/mol. The van der Waals surface area contributed by atoms with Crippen LogP contribution in [0.1, 0.15) is 13.8 Å². The van der Waals surface area contributed by atoms with Crippen molar-refractivity contribution < 1.29 is 17.9 Å². The second-order valence-corrected chi connectivity index (χ2v) is 5.75. The molecule has 1 rings (SSSR count). The van der Waals surface area contributed by atoms with Crippen LogP contribution in [-0.2, 0) is 13.8 Å². The molecule has 7 heteroatoms. The smallest absolute Gasteiger partial charge is 0.265 e. The summed E-state index contributed by atoms with van der Waals surface area (Å²) >= 11 is 0. The highest BCUT2D eigenvalue weighted by Gasteiger charge is 2.17. The molecule has 0 saturated carbocycles. The van der Waals surface area contributed by atoms with Crippen LogP contribution in [-0.4, -0.2) is 20.9 Å². The van der Waals surface area contributed by atoms with Gasteiger partial charge in [0.15, 0.2) is 0 Å². The van der Waals surface area contributed by atoms with Crippen molar-refractivity contribution in [3.05, 3.63) is 18.2 Å². The lowest BCUT2D eigenvalue weighted by atomic mass is 10.3. The standard InChI is InChI=1S/C10H12ClNO4S/c1-3-16-9-5-4-8(12-7(2)13)6-10(9)17(11,14)15/h4-6H,3H2,1-2H3,(H,12,13). The number of carbonyl (C=O) groups is 1. The minimum Gasteiger partial charge on any atom is -0.492 e. The Balaban J connectivity index is 3.24. The maximum absolute atomic E-state index is 11.3. The van der Waals surface area contributed by atoms with Crippen molar-refractivity contribution in [2.24, 2.45) is 0 Å². The molecule has 0 heterocycles. The van der Waals surface area contributed by atoms with Gasteiger partial charge in [0.05, 0.1) is 6.61 Å². The van der Waals surface area contributed by atoms with E-state index in [1.54, 1.807) is 6.92 Å². The Morgan fingerprint density at radius 2 is 2.12 bits per heavy atom. The van der Waals surface area contributed by atoms with E-state index >= 15 is 0 Å². The number of halogens is 1. The fourth-order valence-electron chi connectivity index (χ4n) is 1.25. The van der Waals surface area contributed by atoms with Crippen molar-refractivity contribution in [1.82, 2.24) is 0 Å². The minimum atomic E-state index is -3.92. The normalized spacial score (nSPS) is 11.0. The highest BCUT2D eigenvalue weighted by molar-refractivity contribution is 8.13. The van der Waals surface area contributed by atoms with E-state index in [0.717, 1.165) is 0 Å². The molecule has 0 aliphatic carbocycles. The zero-order valence-corrected chi connectivity index (χ0v) is 10.9. The molecule has 5 nitrogen and oxygen atoms in total. The number of hydrogen-bond acceptors (Lipinski definition) is 4. The molecule has 0 bridgehead atoms. The van der Waals surface area contributed by atoms with Gasteiger partial charge in [-0.15, -0.1) is 0 Å². The first kappa shape index (κ1) is 13.8.